The molecule has 16 heavy (non-hydrogen) atoms. The van der Waals surface area contributed by atoms with E-state index in [9.17, 15) is 8.42 Å². The molecule has 4 N–H and O–H groups in total. The van der Waals surface area contributed by atoms with Gasteiger partial charge in [-0.25, -0.2) is 13.1 Å². The van der Waals surface area contributed by atoms with Gasteiger partial charge in [0.15, 0.2) is 0 Å². The van der Waals surface area contributed by atoms with Crippen molar-refractivity contribution in [3.63, 3.8) is 0 Å². The molecule has 96 valence electrons. The molecule has 0 aromatic carbocycles. The lowest BCUT2D eigenvalue weighted by Crippen LogP contribution is -2.37. The molecule has 6 nitrogen and oxygen atoms in total. The first-order chi connectivity index (χ1) is 7.26. The fourth-order valence-electron chi connectivity index (χ4n) is 1.15. The number of rotatable bonds is 7. The zero-order chi connectivity index (χ0) is 12.8. The molecule has 0 aliphatic carbocycles. The van der Waals surface area contributed by atoms with Crippen molar-refractivity contribution in [2.75, 3.05) is 5.75 Å². The molecule has 0 aliphatic heterocycles. The van der Waals surface area contributed by atoms with Gasteiger partial charge in [-0.15, -0.1) is 0 Å². The third-order valence-electron chi connectivity index (χ3n) is 1.99. The Kier molecular flexibility index (Phi) is 6.35. The van der Waals surface area contributed by atoms with Crippen molar-refractivity contribution in [1.29, 1.82) is 0 Å². The first-order valence-electron chi connectivity index (χ1n) is 5.23. The molecule has 0 aliphatic rings. The lowest BCUT2D eigenvalue weighted by atomic mass is 10.2. The van der Waals surface area contributed by atoms with Crippen LogP contribution in [0.5, 0.6) is 0 Å². The van der Waals surface area contributed by atoms with E-state index in [1.165, 1.54) is 0 Å². The van der Waals surface area contributed by atoms with Crippen LogP contribution in [0.3, 0.4) is 0 Å². The van der Waals surface area contributed by atoms with Gasteiger partial charge in [-0.1, -0.05) is 19.0 Å². The van der Waals surface area contributed by atoms with Gasteiger partial charge >= 0.3 is 0 Å². The van der Waals surface area contributed by atoms with Gasteiger partial charge in [-0.05, 0) is 19.3 Å². The van der Waals surface area contributed by atoms with Crippen LogP contribution in [0, 0.1) is 5.92 Å². The van der Waals surface area contributed by atoms with Crippen LogP contribution in [0.1, 0.15) is 33.6 Å². The number of amidine groups is 1. The fourth-order valence-corrected chi connectivity index (χ4v) is 2.75. The highest BCUT2D eigenvalue weighted by atomic mass is 32.2. The summed E-state index contributed by atoms with van der Waals surface area (Å²) in [6.45, 7) is 5.61. The summed E-state index contributed by atoms with van der Waals surface area (Å²) in [5.74, 6) is 0.459. The van der Waals surface area contributed by atoms with Gasteiger partial charge in [0.2, 0.25) is 10.0 Å². The highest BCUT2D eigenvalue weighted by Crippen LogP contribution is 2.03. The van der Waals surface area contributed by atoms with Crippen LogP contribution < -0.4 is 10.5 Å². The Morgan fingerprint density at radius 3 is 2.44 bits per heavy atom. The van der Waals surface area contributed by atoms with Crippen LogP contribution in [0.15, 0.2) is 5.16 Å². The number of nitrogens with zero attached hydrogens (tertiary/aromatic N) is 1. The number of nitrogens with two attached hydrogens (primary N) is 1. The predicted molar refractivity (Wildman–Crippen MR) is 63.9 cm³/mol. The Morgan fingerprint density at radius 1 is 1.44 bits per heavy atom. The third kappa shape index (κ3) is 7.47. The monoisotopic (exact) mass is 251 g/mol. The smallest absolute Gasteiger partial charge is 0.211 e. The van der Waals surface area contributed by atoms with Gasteiger partial charge in [-0.2, -0.15) is 0 Å². The van der Waals surface area contributed by atoms with Crippen LogP contribution in [0.4, 0.5) is 0 Å². The first kappa shape index (κ1) is 15.2. The molecule has 0 rings (SSSR count). The van der Waals surface area contributed by atoms with Crippen LogP contribution in [0.25, 0.3) is 0 Å². The molecule has 1 atom stereocenters. The molecule has 0 amide bonds. The fraction of sp³-hybridized carbons (Fsp3) is 0.889. The number of nitrogens with one attached hydrogen (secondary N) is 1. The average molecular weight is 251 g/mol. The van der Waals surface area contributed by atoms with E-state index in [1.807, 2.05) is 13.8 Å². The van der Waals surface area contributed by atoms with Crippen molar-refractivity contribution in [2.45, 2.75) is 39.7 Å². The van der Waals surface area contributed by atoms with E-state index in [-0.39, 0.29) is 24.1 Å². The maximum absolute atomic E-state index is 11.6. The van der Waals surface area contributed by atoms with Crippen LogP contribution in [-0.2, 0) is 10.0 Å². The van der Waals surface area contributed by atoms with Crippen LogP contribution in [-0.4, -0.2) is 31.3 Å². The topological polar surface area (TPSA) is 105 Å². The van der Waals surface area contributed by atoms with E-state index in [0.717, 1.165) is 0 Å². The summed E-state index contributed by atoms with van der Waals surface area (Å²) in [5.41, 5.74) is 5.28. The molecule has 0 saturated carbocycles. The lowest BCUT2D eigenvalue weighted by molar-refractivity contribution is 0.316. The van der Waals surface area contributed by atoms with Gasteiger partial charge in [0.25, 0.3) is 0 Å². The van der Waals surface area contributed by atoms with Gasteiger partial charge in [0.1, 0.15) is 5.84 Å². The van der Waals surface area contributed by atoms with E-state index < -0.39 is 10.0 Å². The van der Waals surface area contributed by atoms with Gasteiger partial charge in [0, 0.05) is 12.5 Å². The Hall–Kier alpha value is -0.820. The molecule has 0 fully saturated rings. The average Bonchev–Trinajstić information content (AvgIpc) is 2.13. The Labute approximate surface area is 97.0 Å². The van der Waals surface area contributed by atoms with Gasteiger partial charge < -0.3 is 10.9 Å². The van der Waals surface area contributed by atoms with E-state index in [2.05, 4.69) is 9.88 Å². The molecule has 0 aromatic rings. The molecule has 0 aromatic heterocycles. The predicted octanol–water partition coefficient (Wildman–Crippen LogP) is 0.477. The summed E-state index contributed by atoms with van der Waals surface area (Å²) in [6, 6.07) is -0.368. The van der Waals surface area contributed by atoms with E-state index in [1.54, 1.807) is 6.92 Å². The van der Waals surface area contributed by atoms with E-state index >= 15 is 0 Å². The molecule has 1 unspecified atom stereocenters. The minimum absolute atomic E-state index is 0.0130. The summed E-state index contributed by atoms with van der Waals surface area (Å²) in [7, 11) is -3.27. The van der Waals surface area contributed by atoms with E-state index in [0.29, 0.717) is 12.3 Å². The maximum atomic E-state index is 11.6. The maximum Gasteiger partial charge on any atom is 0.211 e. The largest absolute Gasteiger partial charge is 0.409 e. The van der Waals surface area contributed by atoms with Crippen molar-refractivity contribution in [2.24, 2.45) is 16.8 Å². The van der Waals surface area contributed by atoms with Crippen molar-refractivity contribution >= 4 is 15.9 Å². The molecule has 0 spiro atoms. The molecule has 0 radical (unpaired) electrons. The number of hydrogen-bond donors (Lipinski definition) is 3. The Bertz CT molecular complexity index is 325. The Balaban J connectivity index is 4.16. The number of sulfonamides is 1. The summed E-state index contributed by atoms with van der Waals surface area (Å²) < 4.78 is 25.6. The molecular formula is C9H21N3O3S. The van der Waals surface area contributed by atoms with Gasteiger partial charge in [-0.3, -0.25) is 0 Å². The summed E-state index contributed by atoms with van der Waals surface area (Å²) >= 11 is 0. The van der Waals surface area contributed by atoms with Crippen LogP contribution in [0.2, 0.25) is 0 Å². The summed E-state index contributed by atoms with van der Waals surface area (Å²) in [5, 5.41) is 11.1. The van der Waals surface area contributed by atoms with Crippen molar-refractivity contribution in [3.8, 4) is 0 Å². The van der Waals surface area contributed by atoms with Crippen molar-refractivity contribution in [1.82, 2.24) is 4.72 Å². The number of hydrogen-bond acceptors (Lipinski definition) is 4. The second kappa shape index (κ2) is 6.70. The second-order valence-electron chi connectivity index (χ2n) is 4.32. The zero-order valence-electron chi connectivity index (χ0n) is 9.97. The second-order valence-corrected chi connectivity index (χ2v) is 6.19. The zero-order valence-corrected chi connectivity index (χ0v) is 10.8. The molecule has 7 heteroatoms. The minimum Gasteiger partial charge on any atom is -0.409 e. The molecule has 0 bridgehead atoms. The molecule has 0 heterocycles. The Morgan fingerprint density at radius 2 is 2.00 bits per heavy atom. The van der Waals surface area contributed by atoms with Crippen molar-refractivity contribution < 1.29 is 13.6 Å². The van der Waals surface area contributed by atoms with Gasteiger partial charge in [0.05, 0.1) is 5.75 Å². The quantitative estimate of drug-likeness (QED) is 0.265. The highest BCUT2D eigenvalue weighted by molar-refractivity contribution is 7.89. The van der Waals surface area contributed by atoms with E-state index in [4.69, 9.17) is 10.9 Å². The van der Waals surface area contributed by atoms with Crippen molar-refractivity contribution in [3.05, 3.63) is 0 Å². The lowest BCUT2D eigenvalue weighted by Gasteiger charge is -2.13. The third-order valence-corrected chi connectivity index (χ3v) is 3.52. The highest BCUT2D eigenvalue weighted by Gasteiger charge is 2.15. The first-order valence-corrected chi connectivity index (χ1v) is 6.88. The normalized spacial score (nSPS) is 15.4. The minimum atomic E-state index is -3.27. The van der Waals surface area contributed by atoms with Crippen LogP contribution >= 0.6 is 0 Å². The molecular weight excluding hydrogens is 230 g/mol. The number of oxime groups is 1. The SMILES string of the molecule is CC(C)CCS(=O)(=O)NC(C)CC(N)=NO. The standard InChI is InChI=1S/C9H21N3O3S/c1-7(2)4-5-16(14,15)12-8(3)6-9(10)11-13/h7-8,12-13H,4-6H2,1-3H3,(H2,10,11). The summed E-state index contributed by atoms with van der Waals surface area (Å²) in [4.78, 5) is 0. The summed E-state index contributed by atoms with van der Waals surface area (Å²) in [6.07, 6.45) is 0.809. The molecule has 0 saturated heterocycles.